The number of rotatable bonds is 5. The van der Waals surface area contributed by atoms with Crippen LogP contribution in [0.25, 0.3) is 0 Å². The summed E-state index contributed by atoms with van der Waals surface area (Å²) in [5, 5.41) is 8.86. The molecule has 0 radical (unpaired) electrons. The zero-order valence-electron chi connectivity index (χ0n) is 10.4. The molecule has 0 aromatic carbocycles. The van der Waals surface area contributed by atoms with E-state index in [4.69, 9.17) is 9.52 Å². The van der Waals surface area contributed by atoms with Gasteiger partial charge in [0.15, 0.2) is 5.03 Å². The van der Waals surface area contributed by atoms with Crippen LogP contribution in [0, 0.1) is 0 Å². The number of hydrogen-bond donors (Lipinski definition) is 1. The number of nitrogens with zero attached hydrogens (tertiary/aromatic N) is 2. The summed E-state index contributed by atoms with van der Waals surface area (Å²) in [7, 11) is -2.16. The summed E-state index contributed by atoms with van der Waals surface area (Å²) < 4.78 is 30.5. The molecule has 0 saturated heterocycles. The molecule has 2 heterocycles. The summed E-state index contributed by atoms with van der Waals surface area (Å²) in [4.78, 5) is 3.86. The second-order valence-electron chi connectivity index (χ2n) is 4.06. The lowest BCUT2D eigenvalue weighted by Gasteiger charge is -2.15. The molecular formula is C12H14N2O4S. The van der Waals surface area contributed by atoms with E-state index in [1.54, 1.807) is 6.07 Å². The number of aromatic nitrogens is 1. The molecule has 2 rings (SSSR count). The number of aliphatic hydroxyl groups is 1. The van der Waals surface area contributed by atoms with Crippen LogP contribution < -0.4 is 0 Å². The molecule has 102 valence electrons. The zero-order chi connectivity index (χ0) is 13.9. The molecule has 0 aliphatic rings. The third-order valence-electron chi connectivity index (χ3n) is 2.64. The molecule has 0 atom stereocenters. The molecule has 6 nitrogen and oxygen atoms in total. The van der Waals surface area contributed by atoms with Gasteiger partial charge in [-0.05, 0) is 17.7 Å². The van der Waals surface area contributed by atoms with Crippen molar-refractivity contribution in [3.05, 3.63) is 48.0 Å². The molecule has 7 heteroatoms. The molecule has 0 amide bonds. The molecule has 0 spiro atoms. The van der Waals surface area contributed by atoms with Crippen molar-refractivity contribution in [2.24, 2.45) is 0 Å². The van der Waals surface area contributed by atoms with Gasteiger partial charge in [0.2, 0.25) is 0 Å². The van der Waals surface area contributed by atoms with Crippen molar-refractivity contribution >= 4 is 10.0 Å². The first-order valence-corrected chi connectivity index (χ1v) is 7.01. The van der Waals surface area contributed by atoms with Gasteiger partial charge in [-0.15, -0.1) is 0 Å². The van der Waals surface area contributed by atoms with Gasteiger partial charge in [-0.2, -0.15) is 4.31 Å². The van der Waals surface area contributed by atoms with Gasteiger partial charge in [-0.1, -0.05) is 6.07 Å². The van der Waals surface area contributed by atoms with Gasteiger partial charge in [0.1, 0.15) is 0 Å². The van der Waals surface area contributed by atoms with Crippen molar-refractivity contribution in [2.45, 2.75) is 18.2 Å². The van der Waals surface area contributed by atoms with E-state index in [-0.39, 0.29) is 18.2 Å². The van der Waals surface area contributed by atoms with Gasteiger partial charge in [-0.25, -0.2) is 13.4 Å². The highest BCUT2D eigenvalue weighted by Gasteiger charge is 2.22. The average molecular weight is 282 g/mol. The maximum atomic E-state index is 12.2. The van der Waals surface area contributed by atoms with Crippen LogP contribution in [0.5, 0.6) is 0 Å². The van der Waals surface area contributed by atoms with Crippen LogP contribution in [0.1, 0.15) is 11.1 Å². The van der Waals surface area contributed by atoms with E-state index < -0.39 is 10.0 Å². The van der Waals surface area contributed by atoms with Gasteiger partial charge >= 0.3 is 0 Å². The molecule has 2 aromatic rings. The molecule has 0 fully saturated rings. The van der Waals surface area contributed by atoms with E-state index in [9.17, 15) is 8.42 Å². The van der Waals surface area contributed by atoms with Crippen LogP contribution in [-0.4, -0.2) is 29.9 Å². The molecule has 0 aliphatic heterocycles. The Kier molecular flexibility index (Phi) is 3.98. The van der Waals surface area contributed by atoms with E-state index >= 15 is 0 Å². The van der Waals surface area contributed by atoms with Gasteiger partial charge < -0.3 is 9.52 Å². The summed E-state index contributed by atoms with van der Waals surface area (Å²) in [5.41, 5.74) is 1.33. The minimum atomic E-state index is -3.64. The fourth-order valence-corrected chi connectivity index (χ4v) is 2.61. The van der Waals surface area contributed by atoms with E-state index in [1.807, 2.05) is 0 Å². The van der Waals surface area contributed by atoms with Gasteiger partial charge in [0, 0.05) is 25.4 Å². The highest BCUT2D eigenvalue weighted by Crippen LogP contribution is 2.15. The maximum Gasteiger partial charge on any atom is 0.260 e. The molecule has 0 bridgehead atoms. The molecule has 2 aromatic heterocycles. The number of pyridine rings is 1. The van der Waals surface area contributed by atoms with Gasteiger partial charge in [-0.3, -0.25) is 0 Å². The standard InChI is InChI=1S/C12H14N2O4S/c1-14(7-11-4-5-18-9-11)19(16,17)12-3-2-10(8-15)6-13-12/h2-6,9,15H,7-8H2,1H3. The zero-order valence-corrected chi connectivity index (χ0v) is 11.2. The monoisotopic (exact) mass is 282 g/mol. The minimum absolute atomic E-state index is 0.0457. The smallest absolute Gasteiger partial charge is 0.260 e. The number of sulfonamides is 1. The molecule has 0 unspecified atom stereocenters. The van der Waals surface area contributed by atoms with E-state index in [1.165, 1.54) is 42.2 Å². The van der Waals surface area contributed by atoms with Crippen molar-refractivity contribution in [1.82, 2.24) is 9.29 Å². The molecule has 19 heavy (non-hydrogen) atoms. The Labute approximate surface area is 111 Å². The number of furan rings is 1. The summed E-state index contributed by atoms with van der Waals surface area (Å²) in [6.07, 6.45) is 4.33. The Morgan fingerprint density at radius 1 is 1.32 bits per heavy atom. The van der Waals surface area contributed by atoms with Crippen LogP contribution >= 0.6 is 0 Å². The highest BCUT2D eigenvalue weighted by molar-refractivity contribution is 7.89. The normalized spacial score (nSPS) is 11.9. The Bertz CT molecular complexity index is 620. The Balaban J connectivity index is 2.20. The van der Waals surface area contributed by atoms with Crippen LogP contribution in [0.2, 0.25) is 0 Å². The largest absolute Gasteiger partial charge is 0.472 e. The fourth-order valence-electron chi connectivity index (χ4n) is 1.54. The highest BCUT2D eigenvalue weighted by atomic mass is 32.2. The second-order valence-corrected chi connectivity index (χ2v) is 6.05. The van der Waals surface area contributed by atoms with Crippen molar-refractivity contribution in [3.63, 3.8) is 0 Å². The molecule has 0 saturated carbocycles. The topological polar surface area (TPSA) is 83.6 Å². The third-order valence-corrected chi connectivity index (χ3v) is 4.36. The van der Waals surface area contributed by atoms with Crippen LogP contribution in [0.3, 0.4) is 0 Å². The van der Waals surface area contributed by atoms with Crippen LogP contribution in [-0.2, 0) is 23.2 Å². The van der Waals surface area contributed by atoms with E-state index in [0.29, 0.717) is 5.56 Å². The molecule has 0 aliphatic carbocycles. The summed E-state index contributed by atoms with van der Waals surface area (Å²) in [6, 6.07) is 4.62. The van der Waals surface area contributed by atoms with Crippen molar-refractivity contribution < 1.29 is 17.9 Å². The third kappa shape index (κ3) is 3.01. The summed E-state index contributed by atoms with van der Waals surface area (Å²) in [6.45, 7) is 0.0421. The van der Waals surface area contributed by atoms with Crippen LogP contribution in [0.15, 0.2) is 46.4 Å². The second kappa shape index (κ2) is 5.52. The fraction of sp³-hybridized carbons (Fsp3) is 0.250. The van der Waals surface area contributed by atoms with Crippen LogP contribution in [0.4, 0.5) is 0 Å². The lowest BCUT2D eigenvalue weighted by molar-refractivity contribution is 0.281. The Morgan fingerprint density at radius 2 is 2.11 bits per heavy atom. The molecule has 1 N–H and O–H groups in total. The Hall–Kier alpha value is -1.70. The van der Waals surface area contributed by atoms with Gasteiger partial charge in [0.25, 0.3) is 10.0 Å². The SMILES string of the molecule is CN(Cc1ccoc1)S(=O)(=O)c1ccc(CO)cn1. The van der Waals surface area contributed by atoms with E-state index in [0.717, 1.165) is 5.56 Å². The van der Waals surface area contributed by atoms with Gasteiger partial charge in [0.05, 0.1) is 19.1 Å². The quantitative estimate of drug-likeness (QED) is 0.884. The van der Waals surface area contributed by atoms with Crippen molar-refractivity contribution in [1.29, 1.82) is 0 Å². The lowest BCUT2D eigenvalue weighted by Crippen LogP contribution is -2.27. The average Bonchev–Trinajstić information content (AvgIpc) is 2.91. The summed E-state index contributed by atoms with van der Waals surface area (Å²) >= 11 is 0. The number of hydrogen-bond acceptors (Lipinski definition) is 5. The predicted molar refractivity (Wildman–Crippen MR) is 67.5 cm³/mol. The van der Waals surface area contributed by atoms with Crippen molar-refractivity contribution in [2.75, 3.05) is 7.05 Å². The molecular weight excluding hydrogens is 268 g/mol. The maximum absolute atomic E-state index is 12.2. The Morgan fingerprint density at radius 3 is 2.63 bits per heavy atom. The van der Waals surface area contributed by atoms with E-state index in [2.05, 4.69) is 4.98 Å². The first-order chi connectivity index (χ1) is 9.04. The lowest BCUT2D eigenvalue weighted by atomic mass is 10.3. The first kappa shape index (κ1) is 13.7. The number of aliphatic hydroxyl groups excluding tert-OH is 1. The first-order valence-electron chi connectivity index (χ1n) is 5.57. The predicted octanol–water partition coefficient (Wildman–Crippen LogP) is 0.988. The van der Waals surface area contributed by atoms with Crippen molar-refractivity contribution in [3.8, 4) is 0 Å². The summed E-state index contributed by atoms with van der Waals surface area (Å²) in [5.74, 6) is 0. The minimum Gasteiger partial charge on any atom is -0.472 e.